The number of rotatable bonds is 20. The number of carbonyl (C=O) groups is 12. The van der Waals surface area contributed by atoms with Crippen LogP contribution in [0, 0.1) is 0 Å². The first-order valence-electron chi connectivity index (χ1n) is 33.9. The van der Waals surface area contributed by atoms with Gasteiger partial charge in [-0.05, 0) is 108 Å². The maximum absolute atomic E-state index is 15.6. The highest BCUT2D eigenvalue weighted by Gasteiger charge is 2.42. The summed E-state index contributed by atoms with van der Waals surface area (Å²) in [4.78, 5) is 200. The summed E-state index contributed by atoms with van der Waals surface area (Å²) in [5, 5.41) is 29.9. The van der Waals surface area contributed by atoms with Gasteiger partial charge in [-0.1, -0.05) is 58.0 Å². The van der Waals surface area contributed by atoms with Gasteiger partial charge in [-0.15, -0.1) is 11.8 Å². The molecule has 2 bridgehead atoms. The Bertz CT molecular complexity index is 3890. The zero-order chi connectivity index (χ0) is 72.7. The van der Waals surface area contributed by atoms with Gasteiger partial charge in [0.05, 0.1) is 25.1 Å². The number of nitrogens with two attached hydrogens (primary N) is 3. The molecule has 7 heterocycles. The van der Waals surface area contributed by atoms with Gasteiger partial charge >= 0.3 is 0 Å². The largest absolute Gasteiger partial charge is 0.361 e. The molecule has 6 aromatic rings. The first kappa shape index (κ1) is 76.7. The lowest BCUT2D eigenvalue weighted by Crippen LogP contribution is -2.61. The van der Waals surface area contributed by atoms with Crippen LogP contribution in [0.1, 0.15) is 87.2 Å². The predicted octanol–water partition coefficient (Wildman–Crippen LogP) is -2.00. The monoisotopic (exact) mass is 1460 g/mol. The Hall–Kier alpha value is -9.49. The first-order valence-corrected chi connectivity index (χ1v) is 37.5. The van der Waals surface area contributed by atoms with E-state index in [0.29, 0.717) is 82.8 Å². The van der Waals surface area contributed by atoms with E-state index in [1.807, 2.05) is 18.2 Å². The van der Waals surface area contributed by atoms with E-state index in [2.05, 4.69) is 88.4 Å². The number of fused-ring (bicyclic) bond motifs is 7. The number of amides is 12. The Kier molecular flexibility index (Phi) is 28.5. The summed E-state index contributed by atoms with van der Waals surface area (Å²) in [6, 6.07) is 0.140. The highest BCUT2D eigenvalue weighted by atomic mass is 33.1. The van der Waals surface area contributed by atoms with Crippen LogP contribution >= 0.6 is 33.3 Å². The Morgan fingerprint density at radius 1 is 0.461 bits per heavy atom. The second-order valence-electron chi connectivity index (χ2n) is 25.1. The lowest BCUT2D eigenvalue weighted by atomic mass is 10.0. The van der Waals surface area contributed by atoms with E-state index in [0.717, 1.165) is 21.6 Å². The Morgan fingerprint density at radius 3 is 1.42 bits per heavy atom. The molecule has 2 aromatic carbocycles. The number of nitrogens with zero attached hydrogens (tertiary/aromatic N) is 3. The van der Waals surface area contributed by atoms with Gasteiger partial charge in [0.25, 0.3) is 5.91 Å². The number of aromatic amines is 4. The third-order valence-corrected chi connectivity index (χ3v) is 21.1. The summed E-state index contributed by atoms with van der Waals surface area (Å²) in [6.07, 6.45) is 10.5. The van der Waals surface area contributed by atoms with E-state index in [1.54, 1.807) is 42.7 Å². The van der Waals surface area contributed by atoms with Crippen LogP contribution in [0.25, 0.3) is 21.8 Å². The molecular formula is C66H89N21O12S3. The van der Waals surface area contributed by atoms with Crippen molar-refractivity contribution < 1.29 is 57.5 Å². The SMILES string of the molecule is C[C@@H]1NC(=O)[C@@H]2CSSC(NC(=O)[C@H](Cc3c[nH]c4ccccc34)NC(=O)[C@H](CCCCN)NC(=O)[C@H](CCCCN)NC(=O)[C@H](CCCCN)NC1=O)C(=O)N1CSC[C@H]1C(=O)N[C@@H](Cc1cnc[nH]1)C(=O)NCC(=O)N[C@@H](Cc1cnc[nH]1)C(=O)N[C@@H](Cc1c[nH]c3ccccc13)C(=O)N2. The molecule has 0 radical (unpaired) electrons. The summed E-state index contributed by atoms with van der Waals surface area (Å²) in [6.45, 7) is 1.35. The number of aromatic nitrogens is 6. The van der Waals surface area contributed by atoms with Crippen LogP contribution in [0.2, 0.25) is 0 Å². The summed E-state index contributed by atoms with van der Waals surface area (Å²) in [5.41, 5.74) is 21.0. The summed E-state index contributed by atoms with van der Waals surface area (Å²) in [7, 11) is 1.55. The third-order valence-electron chi connectivity index (χ3n) is 17.6. The fourth-order valence-corrected chi connectivity index (χ4v) is 15.6. The molecule has 36 heteroatoms. The zero-order valence-electron chi connectivity index (χ0n) is 56.3. The van der Waals surface area contributed by atoms with Crippen LogP contribution in [-0.2, 0) is 83.2 Å². The summed E-state index contributed by atoms with van der Waals surface area (Å²) >= 11 is 1.19. The molecule has 102 heavy (non-hydrogen) atoms. The zero-order valence-corrected chi connectivity index (χ0v) is 58.7. The van der Waals surface area contributed by atoms with Gasteiger partial charge in [-0.2, -0.15) is 0 Å². The molecule has 3 aliphatic rings. The number of thioether (sulfide) groups is 1. The molecule has 0 saturated carbocycles. The number of hydrogen-bond acceptors (Lipinski definition) is 20. The van der Waals surface area contributed by atoms with Crippen LogP contribution in [0.4, 0.5) is 0 Å². The Labute approximate surface area is 599 Å². The van der Waals surface area contributed by atoms with Gasteiger partial charge in [-0.3, -0.25) is 57.5 Å². The molecular weight excluding hydrogens is 1380 g/mol. The van der Waals surface area contributed by atoms with E-state index in [4.69, 9.17) is 17.2 Å². The van der Waals surface area contributed by atoms with Crippen molar-refractivity contribution in [3.63, 3.8) is 0 Å². The lowest BCUT2D eigenvalue weighted by Gasteiger charge is -2.30. The van der Waals surface area contributed by atoms with Crippen molar-refractivity contribution in [2.24, 2.45) is 17.2 Å². The van der Waals surface area contributed by atoms with E-state index < -0.39 is 149 Å². The second-order valence-corrected chi connectivity index (χ2v) is 28.6. The van der Waals surface area contributed by atoms with Gasteiger partial charge < -0.3 is 101 Å². The topological polar surface area (TPSA) is 507 Å². The number of imidazole rings is 2. The lowest BCUT2D eigenvalue weighted by molar-refractivity contribution is -0.140. The number of carbonyl (C=O) groups excluding carboxylic acids is 12. The number of H-pyrrole nitrogens is 4. The molecule has 548 valence electrons. The standard InChI is InChI=1S/C66H89N21O12S3/c1-36-55(89)79-45(16-6-9-19-67)57(91)80-46(17-7-10-20-68)58(92)81-47(18-8-11-21-69)59(93)82-49(23-38-27-73-44-15-5-3-13-42(38)44)62(96)86-65-66(99)87-35-100-32-53(87)64(98)84-50(24-39-28-70-33-75-39)56(90)74-30-54(88)78-51(25-40-29-71-34-76-40)61(95)83-48(22-37-26-72-43-14-4-2-12-41(37)43)60(94)85-52(31-101-102-65)63(97)77-36/h2-5,12-15,26-29,33-34,36,45-53,65,72-73H,6-11,16-25,30-32,35,67-69H2,1H3,(H,70,75)(H,71,76)(H,74,90)(H,77,97)(H,78,88)(H,79,89)(H,80,91)(H,81,92)(H,82,93)(H,83,95)(H,84,98)(H,85,94)(H,86,96)/t36-,45-,46-,47-,48-,49-,50-,51-,52-,53-,65?/m0/s1. The molecule has 4 aromatic heterocycles. The molecule has 3 fully saturated rings. The van der Waals surface area contributed by atoms with E-state index >= 15 is 24.0 Å². The van der Waals surface area contributed by atoms with E-state index in [-0.39, 0.29) is 76.2 Å². The van der Waals surface area contributed by atoms with Crippen molar-refractivity contribution in [2.75, 3.05) is 43.6 Å². The van der Waals surface area contributed by atoms with Crippen LogP contribution in [-0.4, -0.2) is 215 Å². The van der Waals surface area contributed by atoms with Crippen LogP contribution in [0.5, 0.6) is 0 Å². The molecule has 21 N–H and O–H groups in total. The normalized spacial score (nSPS) is 24.8. The Balaban J connectivity index is 1.15. The average molecular weight is 1460 g/mol. The average Bonchev–Trinajstić information content (AvgIpc) is 1.63. The second kappa shape index (κ2) is 38.0. The minimum absolute atomic E-state index is 0.00109. The molecule has 0 aliphatic carbocycles. The molecule has 3 aliphatic heterocycles. The van der Waals surface area contributed by atoms with Gasteiger partial charge in [0, 0.05) is 95.2 Å². The molecule has 0 spiro atoms. The van der Waals surface area contributed by atoms with Gasteiger partial charge in [0.15, 0.2) is 5.37 Å². The molecule has 3 saturated heterocycles. The summed E-state index contributed by atoms with van der Waals surface area (Å²) < 4.78 is 0. The van der Waals surface area contributed by atoms with Gasteiger partial charge in [0.2, 0.25) is 65.0 Å². The highest BCUT2D eigenvalue weighted by Crippen LogP contribution is 2.32. The maximum Gasteiger partial charge on any atom is 0.257 e. The van der Waals surface area contributed by atoms with Crippen molar-refractivity contribution in [3.05, 3.63) is 108 Å². The molecule has 33 nitrogen and oxygen atoms in total. The Morgan fingerprint density at radius 2 is 0.912 bits per heavy atom. The van der Waals surface area contributed by atoms with Crippen molar-refractivity contribution in [3.8, 4) is 0 Å². The molecule has 1 unspecified atom stereocenters. The fourth-order valence-electron chi connectivity index (χ4n) is 12.0. The molecule has 9 rings (SSSR count). The quantitative estimate of drug-likeness (QED) is 0.0290. The number of para-hydroxylation sites is 2. The van der Waals surface area contributed by atoms with Crippen molar-refractivity contribution in [1.29, 1.82) is 0 Å². The van der Waals surface area contributed by atoms with Crippen LogP contribution in [0.15, 0.2) is 86.0 Å². The van der Waals surface area contributed by atoms with Crippen molar-refractivity contribution in [2.45, 2.75) is 156 Å². The minimum atomic E-state index is -1.68. The number of unbranched alkanes of at least 4 members (excludes halogenated alkanes) is 3. The number of benzene rings is 2. The van der Waals surface area contributed by atoms with Crippen LogP contribution < -0.4 is 75.7 Å². The number of nitrogens with one attached hydrogen (secondary N) is 15. The smallest absolute Gasteiger partial charge is 0.257 e. The molecule has 12 amide bonds. The van der Waals surface area contributed by atoms with Crippen LogP contribution in [0.3, 0.4) is 0 Å². The van der Waals surface area contributed by atoms with Crippen molar-refractivity contribution in [1.82, 2.24) is 93.3 Å². The minimum Gasteiger partial charge on any atom is -0.361 e. The highest BCUT2D eigenvalue weighted by molar-refractivity contribution is 8.77. The maximum atomic E-state index is 15.6. The third kappa shape index (κ3) is 21.3. The molecule has 11 atom stereocenters. The van der Waals surface area contributed by atoms with Gasteiger partial charge in [-0.25, -0.2) is 9.97 Å². The predicted molar refractivity (Wildman–Crippen MR) is 383 cm³/mol. The summed E-state index contributed by atoms with van der Waals surface area (Å²) in [5.74, 6) is -10.8. The van der Waals surface area contributed by atoms with Crippen molar-refractivity contribution >= 4 is 126 Å². The fraction of sp³-hybridized carbons (Fsp3) is 0.485. The first-order chi connectivity index (χ1) is 49.3. The number of hydrogen-bond donors (Lipinski definition) is 18. The van der Waals surface area contributed by atoms with E-state index in [9.17, 15) is 33.6 Å². The van der Waals surface area contributed by atoms with Gasteiger partial charge in [0.1, 0.15) is 60.4 Å². The van der Waals surface area contributed by atoms with E-state index in [1.165, 1.54) is 48.6 Å².